The molecular formula is C8H15O3P. The molecule has 2 fully saturated rings. The van der Waals surface area contributed by atoms with Crippen LogP contribution in [-0.2, 0) is 9.05 Å². The summed E-state index contributed by atoms with van der Waals surface area (Å²) in [5, 5.41) is 0. The van der Waals surface area contributed by atoms with Crippen LogP contribution in [0, 0.1) is 11.8 Å². The maximum Gasteiger partial charge on any atom is 0.329 e. The molecule has 0 bridgehead atoms. The Balaban J connectivity index is 1.47. The lowest BCUT2D eigenvalue weighted by Crippen LogP contribution is -1.96. The molecule has 0 aromatic carbocycles. The van der Waals surface area contributed by atoms with E-state index in [4.69, 9.17) is 9.05 Å². The smallest absolute Gasteiger partial charge is 0.328 e. The van der Waals surface area contributed by atoms with Crippen LogP contribution in [-0.4, -0.2) is 18.1 Å². The summed E-state index contributed by atoms with van der Waals surface area (Å²) in [4.78, 5) is 9.22. The minimum absolute atomic E-state index is 0.687. The van der Waals surface area contributed by atoms with Gasteiger partial charge in [-0.25, -0.2) is 0 Å². The van der Waals surface area contributed by atoms with Crippen molar-refractivity contribution in [2.45, 2.75) is 25.7 Å². The van der Waals surface area contributed by atoms with Gasteiger partial charge in [0.25, 0.3) is 0 Å². The third-order valence-corrected chi connectivity index (χ3v) is 2.98. The summed E-state index contributed by atoms with van der Waals surface area (Å²) < 4.78 is 10.3. The van der Waals surface area contributed by atoms with Gasteiger partial charge in [-0.05, 0) is 37.5 Å². The Labute approximate surface area is 74.1 Å². The van der Waals surface area contributed by atoms with E-state index in [1.807, 2.05) is 0 Å². The Morgan fingerprint density at radius 2 is 1.42 bits per heavy atom. The monoisotopic (exact) mass is 190 g/mol. The lowest BCUT2D eigenvalue weighted by Gasteiger charge is -2.09. The molecule has 70 valence electrons. The molecule has 0 aliphatic heterocycles. The molecule has 1 N–H and O–H groups in total. The maximum atomic E-state index is 9.22. The molecular weight excluding hydrogens is 175 g/mol. The van der Waals surface area contributed by atoms with E-state index in [1.165, 1.54) is 25.7 Å². The van der Waals surface area contributed by atoms with Crippen LogP contribution in [0.3, 0.4) is 0 Å². The van der Waals surface area contributed by atoms with Gasteiger partial charge in [-0.2, -0.15) is 0 Å². The van der Waals surface area contributed by atoms with E-state index in [0.717, 1.165) is 0 Å². The maximum absolute atomic E-state index is 9.22. The van der Waals surface area contributed by atoms with Crippen LogP contribution in [0.15, 0.2) is 0 Å². The molecule has 0 amide bonds. The van der Waals surface area contributed by atoms with Crippen LogP contribution >= 0.6 is 8.60 Å². The van der Waals surface area contributed by atoms with Crippen molar-refractivity contribution >= 4 is 8.60 Å². The van der Waals surface area contributed by atoms with Gasteiger partial charge in [0.15, 0.2) is 0 Å². The topological polar surface area (TPSA) is 38.7 Å². The standard InChI is InChI=1S/C8H15O3P/c9-12(10-5-7-1-2-7)11-6-8-3-4-8/h7-9H,1-6H2. The molecule has 0 aromatic rings. The van der Waals surface area contributed by atoms with E-state index in [0.29, 0.717) is 25.0 Å². The van der Waals surface area contributed by atoms with Crippen molar-refractivity contribution in [1.82, 2.24) is 0 Å². The molecule has 12 heavy (non-hydrogen) atoms. The first-order valence-corrected chi connectivity index (χ1v) is 5.72. The molecule has 3 nitrogen and oxygen atoms in total. The molecule has 2 saturated carbocycles. The molecule has 0 unspecified atom stereocenters. The van der Waals surface area contributed by atoms with Gasteiger partial charge in [0.1, 0.15) is 0 Å². The quantitative estimate of drug-likeness (QED) is 0.651. The van der Waals surface area contributed by atoms with Crippen LogP contribution in [0.1, 0.15) is 25.7 Å². The average Bonchev–Trinajstić information content (AvgIpc) is 2.89. The van der Waals surface area contributed by atoms with Gasteiger partial charge < -0.3 is 13.9 Å². The van der Waals surface area contributed by atoms with Gasteiger partial charge in [-0.15, -0.1) is 0 Å². The fraction of sp³-hybridized carbons (Fsp3) is 1.00. The highest BCUT2D eigenvalue weighted by Gasteiger charge is 2.26. The fourth-order valence-electron chi connectivity index (χ4n) is 0.945. The molecule has 0 atom stereocenters. The fourth-order valence-corrected chi connectivity index (χ4v) is 1.70. The highest BCUT2D eigenvalue weighted by molar-refractivity contribution is 7.40. The zero-order chi connectivity index (χ0) is 8.39. The molecule has 0 heterocycles. The molecule has 0 saturated heterocycles. The minimum atomic E-state index is -1.57. The average molecular weight is 190 g/mol. The van der Waals surface area contributed by atoms with Crippen LogP contribution < -0.4 is 0 Å². The highest BCUT2D eigenvalue weighted by atomic mass is 31.2. The summed E-state index contributed by atoms with van der Waals surface area (Å²) in [6.45, 7) is 1.37. The molecule has 2 rings (SSSR count). The van der Waals surface area contributed by atoms with E-state index >= 15 is 0 Å². The van der Waals surface area contributed by atoms with E-state index in [9.17, 15) is 4.89 Å². The third kappa shape index (κ3) is 3.36. The Hall–Kier alpha value is 0.310. The molecule has 2 aliphatic rings. The number of hydrogen-bond donors (Lipinski definition) is 1. The van der Waals surface area contributed by atoms with Gasteiger partial charge >= 0.3 is 8.60 Å². The Bertz CT molecular complexity index is 129. The van der Waals surface area contributed by atoms with Gasteiger partial charge in [0.2, 0.25) is 0 Å². The minimum Gasteiger partial charge on any atom is -0.328 e. The van der Waals surface area contributed by atoms with Crippen molar-refractivity contribution in [2.24, 2.45) is 11.8 Å². The van der Waals surface area contributed by atoms with Crippen molar-refractivity contribution in [2.75, 3.05) is 13.2 Å². The zero-order valence-corrected chi connectivity index (χ0v) is 8.00. The summed E-state index contributed by atoms with van der Waals surface area (Å²) in [6.07, 6.45) is 5.02. The molecule has 0 spiro atoms. The van der Waals surface area contributed by atoms with Gasteiger partial charge in [-0.3, -0.25) is 0 Å². The second kappa shape index (κ2) is 4.01. The SMILES string of the molecule is OP(OCC1CC1)OCC1CC1. The number of hydrogen-bond acceptors (Lipinski definition) is 3. The summed E-state index contributed by atoms with van der Waals surface area (Å²) in [7, 11) is -1.57. The van der Waals surface area contributed by atoms with Gasteiger partial charge in [0.05, 0.1) is 13.2 Å². The Morgan fingerprint density at radius 3 is 1.75 bits per heavy atom. The molecule has 0 aromatic heterocycles. The van der Waals surface area contributed by atoms with Gasteiger partial charge in [-0.1, -0.05) is 0 Å². The van der Waals surface area contributed by atoms with E-state index < -0.39 is 8.60 Å². The van der Waals surface area contributed by atoms with Crippen molar-refractivity contribution in [1.29, 1.82) is 0 Å². The van der Waals surface area contributed by atoms with Crippen LogP contribution in [0.4, 0.5) is 0 Å². The predicted octanol–water partition coefficient (Wildman–Crippen LogP) is 2.06. The van der Waals surface area contributed by atoms with Crippen molar-refractivity contribution in [3.05, 3.63) is 0 Å². The van der Waals surface area contributed by atoms with Crippen LogP contribution in [0.25, 0.3) is 0 Å². The summed E-state index contributed by atoms with van der Waals surface area (Å²) in [5.74, 6) is 1.40. The zero-order valence-electron chi connectivity index (χ0n) is 7.11. The largest absolute Gasteiger partial charge is 0.329 e. The van der Waals surface area contributed by atoms with Crippen LogP contribution in [0.5, 0.6) is 0 Å². The molecule has 2 aliphatic carbocycles. The lowest BCUT2D eigenvalue weighted by atomic mass is 10.5. The Morgan fingerprint density at radius 1 is 1.00 bits per heavy atom. The first-order valence-electron chi connectivity index (χ1n) is 4.59. The van der Waals surface area contributed by atoms with Crippen LogP contribution in [0.2, 0.25) is 0 Å². The normalized spacial score (nSPS) is 23.5. The van der Waals surface area contributed by atoms with Gasteiger partial charge in [0, 0.05) is 0 Å². The second-order valence-electron chi connectivity index (χ2n) is 3.72. The van der Waals surface area contributed by atoms with E-state index in [2.05, 4.69) is 0 Å². The highest BCUT2D eigenvalue weighted by Crippen LogP contribution is 2.40. The summed E-state index contributed by atoms with van der Waals surface area (Å²) in [5.41, 5.74) is 0. The first kappa shape index (κ1) is 8.89. The lowest BCUT2D eigenvalue weighted by molar-refractivity contribution is 0.188. The van der Waals surface area contributed by atoms with Crippen molar-refractivity contribution < 1.29 is 13.9 Å². The van der Waals surface area contributed by atoms with Crippen molar-refractivity contribution in [3.63, 3.8) is 0 Å². The predicted molar refractivity (Wildman–Crippen MR) is 46.5 cm³/mol. The Kier molecular flexibility index (Phi) is 2.97. The van der Waals surface area contributed by atoms with E-state index in [-0.39, 0.29) is 0 Å². The second-order valence-corrected chi connectivity index (χ2v) is 4.71. The summed E-state index contributed by atoms with van der Waals surface area (Å²) >= 11 is 0. The third-order valence-electron chi connectivity index (χ3n) is 2.24. The molecule has 0 radical (unpaired) electrons. The number of rotatable bonds is 6. The van der Waals surface area contributed by atoms with E-state index in [1.54, 1.807) is 0 Å². The molecule has 4 heteroatoms. The van der Waals surface area contributed by atoms with Crippen molar-refractivity contribution in [3.8, 4) is 0 Å². The summed E-state index contributed by atoms with van der Waals surface area (Å²) in [6, 6.07) is 0. The first-order chi connectivity index (χ1) is 5.84.